The first-order valence-corrected chi connectivity index (χ1v) is 11.2. The number of anilines is 1. The molecule has 32 heavy (non-hydrogen) atoms. The highest BCUT2D eigenvalue weighted by molar-refractivity contribution is 7.99. The molecule has 1 N–H and O–H groups in total. The Labute approximate surface area is 188 Å². The van der Waals surface area contributed by atoms with Crippen LogP contribution in [0.4, 0.5) is 5.69 Å². The van der Waals surface area contributed by atoms with Gasteiger partial charge in [-0.15, -0.1) is 0 Å². The molecule has 3 aromatic heterocycles. The van der Waals surface area contributed by atoms with Gasteiger partial charge in [-0.05, 0) is 44.2 Å². The molecule has 0 atom stereocenters. The molecule has 1 aliphatic rings. The molecule has 4 aromatic rings. The molecule has 162 valence electrons. The Morgan fingerprint density at radius 1 is 1.12 bits per heavy atom. The summed E-state index contributed by atoms with van der Waals surface area (Å²) in [6, 6.07) is 14.0. The van der Waals surface area contributed by atoms with E-state index in [2.05, 4.69) is 26.2 Å². The molecular formula is C23H21N5O3S. The smallest absolute Gasteiger partial charge is 0.267 e. The Morgan fingerprint density at radius 3 is 2.66 bits per heavy atom. The number of benzene rings is 1. The van der Waals surface area contributed by atoms with Crippen molar-refractivity contribution >= 4 is 23.4 Å². The first-order chi connectivity index (χ1) is 15.4. The highest BCUT2D eigenvalue weighted by Crippen LogP contribution is 2.29. The average Bonchev–Trinajstić information content (AvgIpc) is 3.52. The van der Waals surface area contributed by atoms with Crippen LogP contribution in [0, 0.1) is 0 Å². The molecule has 0 unspecified atom stereocenters. The van der Waals surface area contributed by atoms with Crippen LogP contribution in [-0.4, -0.2) is 31.0 Å². The van der Waals surface area contributed by atoms with E-state index in [0.717, 1.165) is 28.7 Å². The SMILES string of the molecule is CC(C)(C(=O)Nc1ccc(-c2cn3c(n2)SCC3)cc1)n1nc(-c2ccco2)ccc1=O. The highest BCUT2D eigenvalue weighted by atomic mass is 32.2. The number of imidazole rings is 1. The predicted octanol–water partition coefficient (Wildman–Crippen LogP) is 3.85. The van der Waals surface area contributed by atoms with Gasteiger partial charge in [-0.25, -0.2) is 9.67 Å². The molecule has 8 nitrogen and oxygen atoms in total. The van der Waals surface area contributed by atoms with Crippen molar-refractivity contribution in [1.82, 2.24) is 19.3 Å². The third-order valence-corrected chi connectivity index (χ3v) is 6.37. The van der Waals surface area contributed by atoms with Crippen molar-refractivity contribution < 1.29 is 9.21 Å². The molecule has 0 radical (unpaired) electrons. The van der Waals surface area contributed by atoms with Gasteiger partial charge in [0.15, 0.2) is 10.9 Å². The second-order valence-electron chi connectivity index (χ2n) is 7.99. The lowest BCUT2D eigenvalue weighted by atomic mass is 10.0. The number of carbonyl (C=O) groups excluding carboxylic acids is 1. The van der Waals surface area contributed by atoms with Crippen LogP contribution in [0.25, 0.3) is 22.7 Å². The van der Waals surface area contributed by atoms with Gasteiger partial charge in [0.2, 0.25) is 0 Å². The van der Waals surface area contributed by atoms with E-state index in [0.29, 0.717) is 17.1 Å². The maximum absolute atomic E-state index is 13.1. The molecule has 0 fully saturated rings. The summed E-state index contributed by atoms with van der Waals surface area (Å²) < 4.78 is 8.70. The van der Waals surface area contributed by atoms with Crippen LogP contribution < -0.4 is 10.9 Å². The lowest BCUT2D eigenvalue weighted by Gasteiger charge is -2.25. The molecule has 1 aliphatic heterocycles. The Kier molecular flexibility index (Phi) is 4.97. The number of thioether (sulfide) groups is 1. The number of furan rings is 1. The lowest BCUT2D eigenvalue weighted by molar-refractivity contribution is -0.123. The number of nitrogens with one attached hydrogen (secondary N) is 1. The van der Waals surface area contributed by atoms with E-state index in [9.17, 15) is 9.59 Å². The van der Waals surface area contributed by atoms with Crippen molar-refractivity contribution in [3.8, 4) is 22.7 Å². The van der Waals surface area contributed by atoms with E-state index >= 15 is 0 Å². The average molecular weight is 448 g/mol. The first-order valence-electron chi connectivity index (χ1n) is 10.2. The molecule has 0 saturated heterocycles. The second kappa shape index (κ2) is 7.83. The second-order valence-corrected chi connectivity index (χ2v) is 9.05. The van der Waals surface area contributed by atoms with Crippen molar-refractivity contribution in [1.29, 1.82) is 0 Å². The predicted molar refractivity (Wildman–Crippen MR) is 123 cm³/mol. The van der Waals surface area contributed by atoms with Gasteiger partial charge < -0.3 is 14.3 Å². The van der Waals surface area contributed by atoms with Crippen LogP contribution in [0.1, 0.15) is 13.8 Å². The quantitative estimate of drug-likeness (QED) is 0.499. The molecule has 0 bridgehead atoms. The molecule has 1 amide bonds. The summed E-state index contributed by atoms with van der Waals surface area (Å²) >= 11 is 1.75. The number of aromatic nitrogens is 4. The number of aryl methyl sites for hydroxylation is 1. The summed E-state index contributed by atoms with van der Waals surface area (Å²) in [5.41, 5.74) is 1.40. The van der Waals surface area contributed by atoms with Gasteiger partial charge in [-0.1, -0.05) is 23.9 Å². The van der Waals surface area contributed by atoms with Crippen molar-refractivity contribution in [2.75, 3.05) is 11.1 Å². The summed E-state index contributed by atoms with van der Waals surface area (Å²) in [6.07, 6.45) is 3.58. The van der Waals surface area contributed by atoms with Gasteiger partial charge in [-0.3, -0.25) is 9.59 Å². The lowest BCUT2D eigenvalue weighted by Crippen LogP contribution is -2.47. The summed E-state index contributed by atoms with van der Waals surface area (Å²) in [6.45, 7) is 4.29. The molecular weight excluding hydrogens is 426 g/mol. The molecule has 9 heteroatoms. The molecule has 5 rings (SSSR count). The van der Waals surface area contributed by atoms with Crippen molar-refractivity contribution in [3.05, 3.63) is 71.3 Å². The van der Waals surface area contributed by atoms with Crippen LogP contribution in [0.15, 0.2) is 75.4 Å². The largest absolute Gasteiger partial charge is 0.463 e. The third-order valence-electron chi connectivity index (χ3n) is 5.40. The topological polar surface area (TPSA) is 95.0 Å². The summed E-state index contributed by atoms with van der Waals surface area (Å²) in [4.78, 5) is 30.2. The molecule has 1 aromatic carbocycles. The fraction of sp³-hybridized carbons (Fsp3) is 0.217. The Balaban J connectivity index is 1.36. The maximum Gasteiger partial charge on any atom is 0.267 e. The van der Waals surface area contributed by atoms with Gasteiger partial charge in [0.25, 0.3) is 11.5 Å². The van der Waals surface area contributed by atoms with Gasteiger partial charge in [0.05, 0.1) is 12.0 Å². The summed E-state index contributed by atoms with van der Waals surface area (Å²) in [7, 11) is 0. The monoisotopic (exact) mass is 447 g/mol. The third kappa shape index (κ3) is 3.64. The number of carbonyl (C=O) groups is 1. The van der Waals surface area contributed by atoms with Gasteiger partial charge in [-0.2, -0.15) is 5.10 Å². The zero-order valence-corrected chi connectivity index (χ0v) is 18.4. The number of hydrogen-bond donors (Lipinski definition) is 1. The van der Waals surface area contributed by atoms with Crippen molar-refractivity contribution in [3.63, 3.8) is 0 Å². The van der Waals surface area contributed by atoms with Gasteiger partial charge in [0, 0.05) is 35.8 Å². The fourth-order valence-electron chi connectivity index (χ4n) is 3.52. The van der Waals surface area contributed by atoms with E-state index < -0.39 is 5.54 Å². The van der Waals surface area contributed by atoms with Crippen LogP contribution in [-0.2, 0) is 16.9 Å². The molecule has 0 spiro atoms. The maximum atomic E-state index is 13.1. The number of amides is 1. The van der Waals surface area contributed by atoms with Crippen LogP contribution >= 0.6 is 11.8 Å². The minimum atomic E-state index is -1.22. The van der Waals surface area contributed by atoms with Crippen LogP contribution in [0.5, 0.6) is 0 Å². The molecule has 0 saturated carbocycles. The number of nitrogens with zero attached hydrogens (tertiary/aromatic N) is 4. The standard InChI is InChI=1S/C23H21N5O3S/c1-23(2,28-20(29)10-9-17(26-28)19-4-3-12-31-19)21(30)24-16-7-5-15(6-8-16)18-14-27-11-13-32-22(27)25-18/h3-10,12,14H,11,13H2,1-2H3,(H,24,30). The van der Waals surface area contributed by atoms with E-state index in [-0.39, 0.29) is 11.5 Å². The number of fused-ring (bicyclic) bond motifs is 1. The fourth-order valence-corrected chi connectivity index (χ4v) is 4.46. The number of rotatable bonds is 5. The van der Waals surface area contributed by atoms with E-state index in [1.54, 1.807) is 43.8 Å². The van der Waals surface area contributed by atoms with Gasteiger partial charge >= 0.3 is 0 Å². The minimum absolute atomic E-state index is 0.353. The first kappa shape index (κ1) is 20.3. The molecule has 0 aliphatic carbocycles. The highest BCUT2D eigenvalue weighted by Gasteiger charge is 2.32. The zero-order valence-electron chi connectivity index (χ0n) is 17.6. The van der Waals surface area contributed by atoms with Crippen LogP contribution in [0.3, 0.4) is 0 Å². The Hall–Kier alpha value is -3.59. The Bertz CT molecular complexity index is 1320. The van der Waals surface area contributed by atoms with Crippen LogP contribution in [0.2, 0.25) is 0 Å². The zero-order chi connectivity index (χ0) is 22.3. The van der Waals surface area contributed by atoms with Gasteiger partial charge in [0.1, 0.15) is 11.2 Å². The molecule has 4 heterocycles. The summed E-state index contributed by atoms with van der Waals surface area (Å²) in [5, 5.41) is 8.29. The van der Waals surface area contributed by atoms with Crippen molar-refractivity contribution in [2.24, 2.45) is 0 Å². The van der Waals surface area contributed by atoms with E-state index in [1.165, 1.54) is 17.0 Å². The van der Waals surface area contributed by atoms with E-state index in [1.807, 2.05) is 24.3 Å². The normalized spacial score (nSPS) is 13.2. The summed E-state index contributed by atoms with van der Waals surface area (Å²) in [5.74, 6) is 1.23. The number of hydrogen-bond acceptors (Lipinski definition) is 6. The minimum Gasteiger partial charge on any atom is -0.463 e. The Morgan fingerprint density at radius 2 is 1.94 bits per heavy atom. The van der Waals surface area contributed by atoms with Crippen molar-refractivity contribution in [2.45, 2.75) is 31.1 Å². The van der Waals surface area contributed by atoms with E-state index in [4.69, 9.17) is 4.42 Å².